The van der Waals surface area contributed by atoms with Crippen molar-refractivity contribution in [3.8, 4) is 0 Å². The minimum Gasteiger partial charge on any atom is -0.394 e. The fourth-order valence-corrected chi connectivity index (χ4v) is 4.24. The second-order valence-corrected chi connectivity index (χ2v) is 7.96. The Morgan fingerprint density at radius 2 is 2.07 bits per heavy atom. The van der Waals surface area contributed by atoms with Crippen LogP contribution in [-0.4, -0.2) is 50.5 Å². The van der Waals surface area contributed by atoms with Crippen LogP contribution in [0, 0.1) is 0 Å². The maximum absolute atomic E-state index is 12.4. The first kappa shape index (κ1) is 18.5. The Morgan fingerprint density at radius 3 is 2.74 bits per heavy atom. The van der Waals surface area contributed by atoms with Crippen molar-refractivity contribution in [1.29, 1.82) is 0 Å². The molecule has 2 fully saturated rings. The van der Waals surface area contributed by atoms with E-state index < -0.39 is 47.7 Å². The molecule has 0 aromatic carbocycles. The van der Waals surface area contributed by atoms with Gasteiger partial charge in [0.2, 0.25) is 0 Å². The Kier molecular flexibility index (Phi) is 4.57. The molecule has 2 aromatic heterocycles. The molecule has 2 aliphatic heterocycles. The number of hydrogen-bond donors (Lipinski definition) is 3. The topological polar surface area (TPSA) is 123 Å². The SMILES string of the molecule is CC1(C)O[C@@H]2[C@H](O1)[C@@H](CO)O[C@H]2n1cc(C(O)c2cccs2)c(=O)[nH]c1=O. The minimum absolute atomic E-state index is 0.0165. The number of thiophene rings is 1. The summed E-state index contributed by atoms with van der Waals surface area (Å²) in [6.45, 7) is 3.16. The van der Waals surface area contributed by atoms with Crippen molar-refractivity contribution in [2.24, 2.45) is 0 Å². The summed E-state index contributed by atoms with van der Waals surface area (Å²) in [6, 6.07) is 3.46. The van der Waals surface area contributed by atoms with Crippen molar-refractivity contribution >= 4 is 11.3 Å². The number of nitrogens with zero attached hydrogens (tertiary/aromatic N) is 1. The smallest absolute Gasteiger partial charge is 0.330 e. The predicted molar refractivity (Wildman–Crippen MR) is 94.5 cm³/mol. The van der Waals surface area contributed by atoms with Crippen LogP contribution in [0.5, 0.6) is 0 Å². The van der Waals surface area contributed by atoms with E-state index in [2.05, 4.69) is 4.98 Å². The van der Waals surface area contributed by atoms with Crippen LogP contribution in [0.15, 0.2) is 33.3 Å². The Morgan fingerprint density at radius 1 is 1.33 bits per heavy atom. The largest absolute Gasteiger partial charge is 0.394 e. The van der Waals surface area contributed by atoms with E-state index >= 15 is 0 Å². The molecule has 2 saturated heterocycles. The Hall–Kier alpha value is -1.82. The normalized spacial score (nSPS) is 30.4. The van der Waals surface area contributed by atoms with Crippen molar-refractivity contribution in [3.05, 3.63) is 55.0 Å². The van der Waals surface area contributed by atoms with Gasteiger partial charge in [-0.05, 0) is 25.3 Å². The summed E-state index contributed by atoms with van der Waals surface area (Å²) >= 11 is 1.30. The molecule has 0 amide bonds. The van der Waals surface area contributed by atoms with Gasteiger partial charge in [0.05, 0.1) is 12.2 Å². The molecule has 146 valence electrons. The Balaban J connectivity index is 1.75. The van der Waals surface area contributed by atoms with Crippen LogP contribution in [0.4, 0.5) is 0 Å². The molecule has 9 nitrogen and oxygen atoms in total. The lowest BCUT2D eigenvalue weighted by Gasteiger charge is -2.24. The minimum atomic E-state index is -1.18. The fraction of sp³-hybridized carbons (Fsp3) is 0.529. The highest BCUT2D eigenvalue weighted by atomic mass is 32.1. The summed E-state index contributed by atoms with van der Waals surface area (Å²) in [5, 5.41) is 21.9. The molecule has 10 heteroatoms. The van der Waals surface area contributed by atoms with Crippen molar-refractivity contribution in [2.75, 3.05) is 6.61 Å². The van der Waals surface area contributed by atoms with E-state index in [1.165, 1.54) is 22.1 Å². The summed E-state index contributed by atoms with van der Waals surface area (Å²) in [4.78, 5) is 27.4. The summed E-state index contributed by atoms with van der Waals surface area (Å²) < 4.78 is 18.6. The lowest BCUT2D eigenvalue weighted by molar-refractivity contribution is -0.200. The third-order valence-electron chi connectivity index (χ3n) is 4.68. The highest BCUT2D eigenvalue weighted by Gasteiger charge is 2.56. The first-order valence-corrected chi connectivity index (χ1v) is 9.37. The molecule has 0 saturated carbocycles. The molecule has 0 spiro atoms. The maximum Gasteiger partial charge on any atom is 0.330 e. The van der Waals surface area contributed by atoms with Crippen LogP contribution in [-0.2, 0) is 14.2 Å². The summed E-state index contributed by atoms with van der Waals surface area (Å²) in [7, 11) is 0. The van der Waals surface area contributed by atoms with Gasteiger partial charge in [0.1, 0.15) is 24.4 Å². The molecule has 4 heterocycles. The van der Waals surface area contributed by atoms with E-state index in [1.807, 2.05) is 0 Å². The molecule has 3 N–H and O–H groups in total. The van der Waals surface area contributed by atoms with Gasteiger partial charge in [0, 0.05) is 11.1 Å². The molecule has 2 aliphatic rings. The van der Waals surface area contributed by atoms with Gasteiger partial charge in [0.15, 0.2) is 12.0 Å². The fourth-order valence-electron chi connectivity index (χ4n) is 3.51. The van der Waals surface area contributed by atoms with Crippen molar-refractivity contribution in [2.45, 2.75) is 50.3 Å². The van der Waals surface area contributed by atoms with Crippen molar-refractivity contribution < 1.29 is 24.4 Å². The summed E-state index contributed by atoms with van der Waals surface area (Å²) in [5.41, 5.74) is -1.35. The highest BCUT2D eigenvalue weighted by Crippen LogP contribution is 2.42. The van der Waals surface area contributed by atoms with E-state index in [-0.39, 0.29) is 12.2 Å². The molecule has 2 aromatic rings. The predicted octanol–water partition coefficient (Wildman–Crippen LogP) is 0.0896. The Bertz CT molecular complexity index is 935. The number of aliphatic hydroxyl groups is 2. The van der Waals surface area contributed by atoms with E-state index in [0.717, 1.165) is 0 Å². The van der Waals surface area contributed by atoms with E-state index in [9.17, 15) is 19.8 Å². The van der Waals surface area contributed by atoms with Gasteiger partial charge in [-0.15, -0.1) is 11.3 Å². The van der Waals surface area contributed by atoms with Gasteiger partial charge in [-0.25, -0.2) is 4.79 Å². The van der Waals surface area contributed by atoms with Gasteiger partial charge in [-0.1, -0.05) is 6.07 Å². The van der Waals surface area contributed by atoms with E-state index in [0.29, 0.717) is 4.88 Å². The zero-order chi connectivity index (χ0) is 19.3. The molecular weight excluding hydrogens is 376 g/mol. The quantitative estimate of drug-likeness (QED) is 0.669. The molecule has 1 unspecified atom stereocenters. The van der Waals surface area contributed by atoms with Gasteiger partial charge < -0.3 is 24.4 Å². The zero-order valence-electron chi connectivity index (χ0n) is 14.7. The van der Waals surface area contributed by atoms with Crippen LogP contribution in [0.3, 0.4) is 0 Å². The number of fused-ring (bicyclic) bond motifs is 1. The molecule has 0 aliphatic carbocycles. The maximum atomic E-state index is 12.4. The number of hydrogen-bond acceptors (Lipinski definition) is 8. The van der Waals surface area contributed by atoms with Crippen LogP contribution < -0.4 is 11.2 Å². The van der Waals surface area contributed by atoms with Gasteiger partial charge in [0.25, 0.3) is 5.56 Å². The standard InChI is InChI=1S/C17H20N2O7S/c1-17(2)25-12-9(7-20)24-15(13(12)26-17)19-6-8(14(22)18-16(19)23)11(21)10-4-3-5-27-10/h3-6,9,11-13,15,20-21H,7H2,1-2H3,(H,18,22,23)/t9-,11?,12-,13-,15-/m1/s1. The van der Waals surface area contributed by atoms with Crippen LogP contribution in [0.25, 0.3) is 0 Å². The van der Waals surface area contributed by atoms with Gasteiger partial charge in [-0.2, -0.15) is 0 Å². The number of nitrogens with one attached hydrogen (secondary N) is 1. The third kappa shape index (κ3) is 3.18. The molecule has 0 radical (unpaired) electrons. The average Bonchev–Trinajstić information content (AvgIpc) is 3.30. The Labute approximate surface area is 157 Å². The first-order valence-electron chi connectivity index (χ1n) is 8.49. The average molecular weight is 396 g/mol. The number of H-pyrrole nitrogens is 1. The number of aromatic nitrogens is 2. The monoisotopic (exact) mass is 396 g/mol. The van der Waals surface area contributed by atoms with E-state index in [1.54, 1.807) is 31.4 Å². The lowest BCUT2D eigenvalue weighted by Crippen LogP contribution is -2.39. The lowest BCUT2D eigenvalue weighted by atomic mass is 10.1. The second kappa shape index (κ2) is 6.66. The number of rotatable bonds is 4. The zero-order valence-corrected chi connectivity index (χ0v) is 15.5. The van der Waals surface area contributed by atoms with Crippen LogP contribution in [0.2, 0.25) is 0 Å². The number of ether oxygens (including phenoxy) is 3. The number of aliphatic hydroxyl groups excluding tert-OH is 2. The summed E-state index contributed by atoms with van der Waals surface area (Å²) in [6.07, 6.45) is -2.68. The molecule has 27 heavy (non-hydrogen) atoms. The molecular formula is C17H20N2O7S. The van der Waals surface area contributed by atoms with Crippen molar-refractivity contribution in [1.82, 2.24) is 9.55 Å². The van der Waals surface area contributed by atoms with Crippen LogP contribution >= 0.6 is 11.3 Å². The molecule has 5 atom stereocenters. The highest BCUT2D eigenvalue weighted by molar-refractivity contribution is 7.10. The van der Waals surface area contributed by atoms with Crippen LogP contribution in [0.1, 0.15) is 36.6 Å². The third-order valence-corrected chi connectivity index (χ3v) is 5.61. The number of aromatic amines is 1. The molecule has 4 rings (SSSR count). The second-order valence-electron chi connectivity index (χ2n) is 6.98. The van der Waals surface area contributed by atoms with Gasteiger partial charge in [-0.3, -0.25) is 14.3 Å². The molecule has 0 bridgehead atoms. The first-order chi connectivity index (χ1) is 12.8. The summed E-state index contributed by atoms with van der Waals surface area (Å²) in [5.74, 6) is -0.893. The van der Waals surface area contributed by atoms with Gasteiger partial charge >= 0.3 is 5.69 Å². The van der Waals surface area contributed by atoms with E-state index in [4.69, 9.17) is 14.2 Å². The van der Waals surface area contributed by atoms with Crippen molar-refractivity contribution in [3.63, 3.8) is 0 Å².